The molecule has 0 unspecified atom stereocenters. The van der Waals surface area contributed by atoms with E-state index in [0.29, 0.717) is 5.69 Å². The van der Waals surface area contributed by atoms with Gasteiger partial charge in [-0.3, -0.25) is 9.78 Å². The number of aryl methyl sites for hydroxylation is 1. The fourth-order valence-corrected chi connectivity index (χ4v) is 4.59. The molecule has 0 radical (unpaired) electrons. The zero-order valence-corrected chi connectivity index (χ0v) is 18.7. The predicted octanol–water partition coefficient (Wildman–Crippen LogP) is 7.22. The molecule has 1 N–H and O–H groups in total. The number of anilines is 1. The molecule has 30 heavy (non-hydrogen) atoms. The number of hydrogen-bond acceptors (Lipinski definition) is 3. The molecular formula is C25H19BrN2OS. The molecule has 1 aromatic heterocycles. The number of carbonyl (C=O) groups excluding carboxylic acids is 1. The molecule has 0 aliphatic carbocycles. The Balaban J connectivity index is 1.73. The molecule has 5 heteroatoms. The summed E-state index contributed by atoms with van der Waals surface area (Å²) in [5.41, 5.74) is 4.35. The van der Waals surface area contributed by atoms with Crippen molar-refractivity contribution in [1.82, 2.24) is 4.98 Å². The fraction of sp³-hybridized carbons (Fsp3) is 0.0400. The van der Waals surface area contributed by atoms with Gasteiger partial charge in [0.1, 0.15) is 5.69 Å². The second-order valence-electron chi connectivity index (χ2n) is 6.75. The number of pyridine rings is 1. The van der Waals surface area contributed by atoms with E-state index in [1.807, 2.05) is 42.5 Å². The van der Waals surface area contributed by atoms with Crippen LogP contribution in [0.5, 0.6) is 0 Å². The molecule has 0 aliphatic rings. The third-order valence-electron chi connectivity index (χ3n) is 4.55. The van der Waals surface area contributed by atoms with E-state index in [2.05, 4.69) is 57.4 Å². The van der Waals surface area contributed by atoms with Gasteiger partial charge in [0.05, 0.1) is 0 Å². The molecule has 0 saturated carbocycles. The first-order chi connectivity index (χ1) is 14.6. The highest BCUT2D eigenvalue weighted by molar-refractivity contribution is 9.10. The highest BCUT2D eigenvalue weighted by Gasteiger charge is 2.15. The maximum Gasteiger partial charge on any atom is 0.274 e. The lowest BCUT2D eigenvalue weighted by molar-refractivity contribution is 0.102. The van der Waals surface area contributed by atoms with Gasteiger partial charge in [0.2, 0.25) is 0 Å². The van der Waals surface area contributed by atoms with Gasteiger partial charge in [0.15, 0.2) is 0 Å². The van der Waals surface area contributed by atoms with Gasteiger partial charge in [-0.05, 0) is 64.8 Å². The number of nitrogens with zero attached hydrogens (tertiary/aromatic N) is 1. The van der Waals surface area contributed by atoms with E-state index >= 15 is 0 Å². The highest BCUT2D eigenvalue weighted by atomic mass is 79.9. The second kappa shape index (κ2) is 9.28. The van der Waals surface area contributed by atoms with Crippen LogP contribution in [0.2, 0.25) is 0 Å². The number of aromatic nitrogens is 1. The SMILES string of the molecule is Cc1ccc(Sc2ccccc2Br)c(-c2ccccc2NC(=O)c2ccccn2)c1. The molecule has 3 aromatic carbocycles. The Bertz CT molecular complexity index is 1190. The monoisotopic (exact) mass is 474 g/mol. The molecule has 0 aliphatic heterocycles. The summed E-state index contributed by atoms with van der Waals surface area (Å²) in [6.07, 6.45) is 1.62. The van der Waals surface area contributed by atoms with Crippen molar-refractivity contribution in [2.24, 2.45) is 0 Å². The second-order valence-corrected chi connectivity index (χ2v) is 8.68. The van der Waals surface area contributed by atoms with Gasteiger partial charge in [-0.15, -0.1) is 0 Å². The maximum atomic E-state index is 12.7. The number of carbonyl (C=O) groups is 1. The van der Waals surface area contributed by atoms with Crippen LogP contribution in [0.1, 0.15) is 16.1 Å². The predicted molar refractivity (Wildman–Crippen MR) is 127 cm³/mol. The molecule has 3 nitrogen and oxygen atoms in total. The van der Waals surface area contributed by atoms with E-state index in [1.165, 1.54) is 0 Å². The van der Waals surface area contributed by atoms with Crippen LogP contribution in [0.3, 0.4) is 0 Å². The Labute approximate surface area is 188 Å². The van der Waals surface area contributed by atoms with E-state index in [-0.39, 0.29) is 5.91 Å². The van der Waals surface area contributed by atoms with E-state index in [0.717, 1.165) is 36.6 Å². The first kappa shape index (κ1) is 20.4. The number of amides is 1. The van der Waals surface area contributed by atoms with Gasteiger partial charge >= 0.3 is 0 Å². The van der Waals surface area contributed by atoms with Crippen LogP contribution < -0.4 is 5.32 Å². The van der Waals surface area contributed by atoms with Crippen molar-refractivity contribution in [2.45, 2.75) is 16.7 Å². The minimum absolute atomic E-state index is 0.226. The lowest BCUT2D eigenvalue weighted by atomic mass is 10.0. The third-order valence-corrected chi connectivity index (χ3v) is 6.66. The number of para-hydroxylation sites is 1. The molecule has 148 valence electrons. The van der Waals surface area contributed by atoms with Gasteiger partial charge < -0.3 is 5.32 Å². The van der Waals surface area contributed by atoms with Crippen molar-refractivity contribution in [3.8, 4) is 11.1 Å². The smallest absolute Gasteiger partial charge is 0.274 e. The van der Waals surface area contributed by atoms with Crippen molar-refractivity contribution < 1.29 is 4.79 Å². The van der Waals surface area contributed by atoms with Crippen molar-refractivity contribution in [2.75, 3.05) is 5.32 Å². The molecule has 4 rings (SSSR count). The number of rotatable bonds is 5. The average Bonchev–Trinajstić information content (AvgIpc) is 2.77. The Hall–Kier alpha value is -2.89. The molecule has 0 saturated heterocycles. The minimum Gasteiger partial charge on any atom is -0.320 e. The molecular weight excluding hydrogens is 456 g/mol. The number of nitrogens with one attached hydrogen (secondary N) is 1. The quantitative estimate of drug-likeness (QED) is 0.331. The van der Waals surface area contributed by atoms with Gasteiger partial charge in [0.25, 0.3) is 5.91 Å². The molecule has 4 aromatic rings. The summed E-state index contributed by atoms with van der Waals surface area (Å²) in [6, 6.07) is 27.7. The number of hydrogen-bond donors (Lipinski definition) is 1. The normalized spacial score (nSPS) is 10.6. The first-order valence-electron chi connectivity index (χ1n) is 9.46. The summed E-state index contributed by atoms with van der Waals surface area (Å²) in [6.45, 7) is 2.07. The molecule has 0 spiro atoms. The minimum atomic E-state index is -0.226. The molecule has 1 heterocycles. The Morgan fingerprint density at radius 2 is 1.63 bits per heavy atom. The van der Waals surface area contributed by atoms with Crippen molar-refractivity contribution in [1.29, 1.82) is 0 Å². The van der Waals surface area contributed by atoms with Crippen molar-refractivity contribution in [3.63, 3.8) is 0 Å². The summed E-state index contributed by atoms with van der Waals surface area (Å²) < 4.78 is 1.05. The van der Waals surface area contributed by atoms with Crippen LogP contribution >= 0.6 is 27.7 Å². The van der Waals surface area contributed by atoms with Gasteiger partial charge in [-0.1, -0.05) is 65.9 Å². The molecule has 1 amide bonds. The maximum absolute atomic E-state index is 12.7. The van der Waals surface area contributed by atoms with Crippen LogP contribution in [0, 0.1) is 6.92 Å². The van der Waals surface area contributed by atoms with E-state index < -0.39 is 0 Å². The van der Waals surface area contributed by atoms with E-state index in [1.54, 1.807) is 36.2 Å². The average molecular weight is 475 g/mol. The highest BCUT2D eigenvalue weighted by Crippen LogP contribution is 2.41. The zero-order chi connectivity index (χ0) is 20.9. The third kappa shape index (κ3) is 4.64. The number of halogens is 1. The summed E-state index contributed by atoms with van der Waals surface area (Å²) in [5, 5.41) is 3.03. The van der Waals surface area contributed by atoms with Crippen LogP contribution in [0.4, 0.5) is 5.69 Å². The lowest BCUT2D eigenvalue weighted by Gasteiger charge is -2.16. The van der Waals surface area contributed by atoms with Gasteiger partial charge in [0, 0.05) is 31.7 Å². The summed E-state index contributed by atoms with van der Waals surface area (Å²) in [4.78, 5) is 19.1. The molecule has 0 atom stereocenters. The summed E-state index contributed by atoms with van der Waals surface area (Å²) in [5.74, 6) is -0.226. The van der Waals surface area contributed by atoms with Crippen LogP contribution in [-0.4, -0.2) is 10.9 Å². The Morgan fingerprint density at radius 3 is 2.43 bits per heavy atom. The fourth-order valence-electron chi connectivity index (χ4n) is 3.10. The van der Waals surface area contributed by atoms with E-state index in [9.17, 15) is 4.79 Å². The largest absolute Gasteiger partial charge is 0.320 e. The van der Waals surface area contributed by atoms with Gasteiger partial charge in [-0.25, -0.2) is 0 Å². The first-order valence-corrected chi connectivity index (χ1v) is 11.1. The van der Waals surface area contributed by atoms with Crippen LogP contribution in [0.15, 0.2) is 105 Å². The molecule has 0 fully saturated rings. The van der Waals surface area contributed by atoms with Crippen molar-refractivity contribution >= 4 is 39.3 Å². The van der Waals surface area contributed by atoms with Crippen LogP contribution in [0.25, 0.3) is 11.1 Å². The molecule has 0 bridgehead atoms. The summed E-state index contributed by atoms with van der Waals surface area (Å²) in [7, 11) is 0. The standard InChI is InChI=1S/C25H19BrN2OS/c1-17-13-14-23(30-24-12-5-3-9-20(24)26)19(16-17)18-8-2-4-10-21(18)28-25(29)22-11-6-7-15-27-22/h2-16H,1H3,(H,28,29). The van der Waals surface area contributed by atoms with Gasteiger partial charge in [-0.2, -0.15) is 0 Å². The summed E-state index contributed by atoms with van der Waals surface area (Å²) >= 11 is 5.33. The topological polar surface area (TPSA) is 42.0 Å². The Kier molecular flexibility index (Phi) is 6.31. The zero-order valence-electron chi connectivity index (χ0n) is 16.3. The van der Waals surface area contributed by atoms with E-state index in [4.69, 9.17) is 0 Å². The van der Waals surface area contributed by atoms with Crippen molar-refractivity contribution in [3.05, 3.63) is 107 Å². The lowest BCUT2D eigenvalue weighted by Crippen LogP contribution is -2.14. The Morgan fingerprint density at radius 1 is 0.867 bits per heavy atom. The number of benzene rings is 3. The van der Waals surface area contributed by atoms with Crippen LogP contribution in [-0.2, 0) is 0 Å².